The Morgan fingerprint density at radius 2 is 0.790 bits per heavy atom. The molecule has 4 aromatic carbocycles. The van der Waals surface area contributed by atoms with E-state index < -0.39 is 32.9 Å². The highest BCUT2D eigenvalue weighted by Gasteiger charge is 2.60. The quantitative estimate of drug-likeness (QED) is 0.0577. The van der Waals surface area contributed by atoms with E-state index in [0.717, 1.165) is 86.3 Å². The molecule has 0 unspecified atom stereocenters. The molecule has 441 valence electrons. The second kappa shape index (κ2) is 23.2. The first-order valence-corrected chi connectivity index (χ1v) is 32.0. The largest absolute Gasteiger partial charge is 0.505 e. The number of para-hydroxylation sites is 3. The van der Waals surface area contributed by atoms with E-state index in [1.165, 1.54) is 39.1 Å². The molecule has 81 heavy (non-hydrogen) atoms. The molecule has 3 aliphatic heterocycles. The number of aliphatic hydroxyl groups excluding tert-OH is 1. The van der Waals surface area contributed by atoms with Crippen molar-refractivity contribution >= 4 is 40.1 Å². The lowest BCUT2D eigenvalue weighted by Crippen LogP contribution is -2.39. The van der Waals surface area contributed by atoms with Gasteiger partial charge in [-0.05, 0) is 155 Å². The lowest BCUT2D eigenvalue weighted by molar-refractivity contribution is -0.515. The van der Waals surface area contributed by atoms with Crippen LogP contribution in [0.25, 0.3) is 11.5 Å². The van der Waals surface area contributed by atoms with E-state index in [-0.39, 0.29) is 52.8 Å². The van der Waals surface area contributed by atoms with E-state index >= 15 is 9.90 Å². The first-order chi connectivity index (χ1) is 37.8. The van der Waals surface area contributed by atoms with Crippen molar-refractivity contribution in [3.63, 3.8) is 0 Å². The molecule has 0 aromatic heterocycles. The van der Waals surface area contributed by atoms with E-state index in [1.807, 2.05) is 18.2 Å². The SMILES string of the molecule is CCC1(CC)CC(C)(C)N(c2c(C(C)C)cccc2C(C)C)C1=C([O])c1cc(C(=O)C2=[N+](c3c(C(C)C)cccc3C(C)C)C(C)(C)CC2(CC)CC)cc(C(O)=C2N(c3c(C(C)C)cccc3C(C)C)C(C)(C)CC2(CC)CC)c1. The predicted octanol–water partition coefficient (Wildman–Crippen LogP) is 21.7. The molecule has 0 aliphatic carbocycles. The summed E-state index contributed by atoms with van der Waals surface area (Å²) in [6.45, 7) is 54.8. The van der Waals surface area contributed by atoms with Gasteiger partial charge in [-0.3, -0.25) is 9.90 Å². The van der Waals surface area contributed by atoms with Crippen molar-refractivity contribution in [2.24, 2.45) is 16.2 Å². The van der Waals surface area contributed by atoms with Gasteiger partial charge in [-0.2, -0.15) is 4.58 Å². The number of Topliss-reactive ketones (excluding diaryl/α,β-unsaturated/α-hetero) is 1. The van der Waals surface area contributed by atoms with Crippen LogP contribution in [0.2, 0.25) is 0 Å². The number of allylic oxidation sites excluding steroid dienone is 2. The zero-order valence-electron chi connectivity index (χ0n) is 55.4. The molecular formula is C75H109N3O3+. The summed E-state index contributed by atoms with van der Waals surface area (Å²) < 4.78 is 2.46. The summed E-state index contributed by atoms with van der Waals surface area (Å²) >= 11 is 0. The first-order valence-electron chi connectivity index (χ1n) is 32.0. The van der Waals surface area contributed by atoms with Gasteiger partial charge in [0.05, 0.1) is 16.8 Å². The third kappa shape index (κ3) is 10.7. The minimum atomic E-state index is -0.465. The van der Waals surface area contributed by atoms with Gasteiger partial charge in [0.15, 0.2) is 5.54 Å². The van der Waals surface area contributed by atoms with Crippen LogP contribution in [0, 0.1) is 16.2 Å². The zero-order valence-corrected chi connectivity index (χ0v) is 55.4. The van der Waals surface area contributed by atoms with Gasteiger partial charge in [0.2, 0.25) is 17.2 Å². The van der Waals surface area contributed by atoms with Gasteiger partial charge < -0.3 is 14.9 Å². The van der Waals surface area contributed by atoms with Crippen LogP contribution in [0.5, 0.6) is 0 Å². The molecule has 0 atom stereocenters. The summed E-state index contributed by atoms with van der Waals surface area (Å²) in [6, 6.07) is 26.0. The lowest BCUT2D eigenvalue weighted by atomic mass is 9.71. The Bertz CT molecular complexity index is 2860. The van der Waals surface area contributed by atoms with E-state index in [9.17, 15) is 5.11 Å². The average molecular weight is 1100 g/mol. The number of anilines is 2. The highest BCUT2D eigenvalue weighted by atomic mass is 16.3. The second-order valence-electron chi connectivity index (χ2n) is 29.1. The molecule has 0 saturated carbocycles. The van der Waals surface area contributed by atoms with Crippen molar-refractivity contribution in [1.29, 1.82) is 0 Å². The van der Waals surface area contributed by atoms with Gasteiger partial charge in [-0.1, -0.05) is 179 Å². The summed E-state index contributed by atoms with van der Waals surface area (Å²) in [6.07, 6.45) is 7.18. The average Bonchev–Trinajstić information content (AvgIpc) is 2.72. The summed E-state index contributed by atoms with van der Waals surface area (Å²) in [5.41, 5.74) is 12.2. The maximum atomic E-state index is 17.0. The van der Waals surface area contributed by atoms with Gasteiger partial charge in [0.1, 0.15) is 5.76 Å². The van der Waals surface area contributed by atoms with Crippen molar-refractivity contribution in [2.75, 3.05) is 9.80 Å². The molecule has 1 N–H and O–H groups in total. The standard InChI is InChI=1S/C75H108N3O3/c1-25-73(26-2)43-70(19,20)76(61-55(46(7)8)34-31-35-56(61)47(9)10)67(73)64(79)52-40-53(65(80)68-74(27-3,28-4)44-71(21,22)77(68)62-57(48(11)12)36-32-37-58(62)49(13)14)42-54(41-52)66(81)69-75(29-5,30-6)45-72(23,24)78(69)63-59(50(15)16)38-33-39-60(63)51(17)18/h31-42,46-51H,25-30,43-45H2,1-24H3/p+1. The van der Waals surface area contributed by atoms with Crippen LogP contribution in [-0.4, -0.2) is 37.8 Å². The van der Waals surface area contributed by atoms with E-state index in [2.05, 4.69) is 235 Å². The molecule has 6 nitrogen and oxygen atoms in total. The van der Waals surface area contributed by atoms with Crippen LogP contribution in [-0.2, 0) is 5.11 Å². The van der Waals surface area contributed by atoms with Crippen molar-refractivity contribution in [1.82, 2.24) is 0 Å². The summed E-state index contributed by atoms with van der Waals surface area (Å²) in [5.74, 6) is 1.27. The van der Waals surface area contributed by atoms with Gasteiger partial charge in [0, 0.05) is 81.4 Å². The molecule has 2 saturated heterocycles. The smallest absolute Gasteiger partial charge is 0.252 e. The number of hydrogen-bond donors (Lipinski definition) is 1. The fourth-order valence-electron chi connectivity index (χ4n) is 16.1. The van der Waals surface area contributed by atoms with Crippen LogP contribution in [0.15, 0.2) is 84.2 Å². The van der Waals surface area contributed by atoms with Crippen molar-refractivity contribution in [3.8, 4) is 0 Å². The number of nitrogens with zero attached hydrogens (tertiary/aromatic N) is 3. The lowest BCUT2D eigenvalue weighted by Gasteiger charge is -2.40. The minimum absolute atomic E-state index is 0.0718. The second-order valence-corrected chi connectivity index (χ2v) is 29.1. The van der Waals surface area contributed by atoms with Gasteiger partial charge >= 0.3 is 0 Å². The van der Waals surface area contributed by atoms with E-state index in [4.69, 9.17) is 0 Å². The number of hydrogen-bond acceptors (Lipinski definition) is 4. The van der Waals surface area contributed by atoms with Crippen LogP contribution in [0.3, 0.4) is 0 Å². The van der Waals surface area contributed by atoms with Crippen LogP contribution in [0.4, 0.5) is 17.1 Å². The molecule has 3 heterocycles. The zero-order chi connectivity index (χ0) is 60.4. The summed E-state index contributed by atoms with van der Waals surface area (Å²) in [5, 5.41) is 31.1. The molecule has 0 spiro atoms. The monoisotopic (exact) mass is 1100 g/mol. The Morgan fingerprint density at radius 3 is 1.15 bits per heavy atom. The Balaban J connectivity index is 1.73. The molecule has 4 aromatic rings. The molecule has 7 rings (SSSR count). The molecule has 1 radical (unpaired) electrons. The molecular weight excluding hydrogens is 991 g/mol. The van der Waals surface area contributed by atoms with Crippen LogP contribution >= 0.6 is 0 Å². The number of ketones is 1. The predicted molar refractivity (Wildman–Crippen MR) is 347 cm³/mol. The molecule has 3 aliphatic rings. The minimum Gasteiger partial charge on any atom is -0.505 e. The number of carbonyl (C=O) groups is 1. The topological polar surface area (TPSA) is 66.7 Å². The van der Waals surface area contributed by atoms with Crippen LogP contribution in [0.1, 0.15) is 314 Å². The first kappa shape index (κ1) is 63.5. The van der Waals surface area contributed by atoms with E-state index in [1.54, 1.807) is 0 Å². The number of rotatable bonds is 19. The fraction of sp³-hybridized carbons (Fsp3) is 0.600. The molecule has 6 heteroatoms. The number of aliphatic hydroxyl groups is 1. The van der Waals surface area contributed by atoms with Crippen molar-refractivity contribution in [2.45, 2.75) is 276 Å². The Labute approximate surface area is 493 Å². The Kier molecular flexibility index (Phi) is 18.1. The highest BCUT2D eigenvalue weighted by molar-refractivity contribution is 6.46. The Morgan fingerprint density at radius 1 is 0.469 bits per heavy atom. The summed E-state index contributed by atoms with van der Waals surface area (Å²) in [4.78, 5) is 22.0. The van der Waals surface area contributed by atoms with Crippen molar-refractivity contribution in [3.05, 3.63) is 134 Å². The highest BCUT2D eigenvalue weighted by Crippen LogP contribution is 2.61. The number of carbonyl (C=O) groups excluding carboxylic acids is 1. The molecule has 0 bridgehead atoms. The maximum Gasteiger partial charge on any atom is 0.252 e. The fourth-order valence-corrected chi connectivity index (χ4v) is 16.1. The third-order valence-corrected chi connectivity index (χ3v) is 20.5. The molecule has 2 fully saturated rings. The van der Waals surface area contributed by atoms with Crippen LogP contribution < -0.4 is 9.80 Å². The summed E-state index contributed by atoms with van der Waals surface area (Å²) in [7, 11) is 0. The van der Waals surface area contributed by atoms with E-state index in [0.29, 0.717) is 16.7 Å². The molecule has 0 amide bonds. The van der Waals surface area contributed by atoms with Crippen molar-refractivity contribution < 1.29 is 19.6 Å². The maximum absolute atomic E-state index is 17.0. The van der Waals surface area contributed by atoms with Gasteiger partial charge in [-0.15, -0.1) is 0 Å². The van der Waals surface area contributed by atoms with Gasteiger partial charge in [-0.25, -0.2) is 0 Å². The Hall–Kier alpha value is -5.10. The third-order valence-electron chi connectivity index (χ3n) is 20.5. The number of benzene rings is 4. The normalized spacial score (nSPS) is 20.4. The van der Waals surface area contributed by atoms with Gasteiger partial charge in [0.25, 0.3) is 5.78 Å².